The van der Waals surface area contributed by atoms with Gasteiger partial charge in [-0.15, -0.1) is 22.7 Å². The van der Waals surface area contributed by atoms with Gasteiger partial charge < -0.3 is 10.6 Å². The molecule has 0 radical (unpaired) electrons. The number of benzene rings is 1. The number of hydrogen-bond donors (Lipinski definition) is 2. The number of thiazole rings is 1. The molecular formula is C20H19FN4S2. The van der Waals surface area contributed by atoms with Gasteiger partial charge in [-0.05, 0) is 50.6 Å². The summed E-state index contributed by atoms with van der Waals surface area (Å²) in [6.45, 7) is 3.34. The maximum atomic E-state index is 14.5. The molecule has 0 amide bonds. The summed E-state index contributed by atoms with van der Waals surface area (Å²) in [7, 11) is 0. The lowest BCUT2D eigenvalue weighted by Crippen LogP contribution is -2.37. The number of pyridine rings is 1. The van der Waals surface area contributed by atoms with Gasteiger partial charge in [0.25, 0.3) is 0 Å². The van der Waals surface area contributed by atoms with E-state index in [1.54, 1.807) is 35.2 Å². The first-order chi connectivity index (χ1) is 13.2. The van der Waals surface area contributed by atoms with Gasteiger partial charge in [-0.3, -0.25) is 0 Å². The summed E-state index contributed by atoms with van der Waals surface area (Å²) in [5.74, 6) is 0.242. The monoisotopic (exact) mass is 398 g/mol. The second-order valence-electron chi connectivity index (χ2n) is 6.99. The lowest BCUT2D eigenvalue weighted by atomic mass is 9.90. The summed E-state index contributed by atoms with van der Waals surface area (Å²) in [6.07, 6.45) is 4.17. The Morgan fingerprint density at radius 3 is 3.04 bits per heavy atom. The van der Waals surface area contributed by atoms with Crippen LogP contribution in [0.1, 0.15) is 30.6 Å². The van der Waals surface area contributed by atoms with Crippen LogP contribution < -0.4 is 10.6 Å². The van der Waals surface area contributed by atoms with Crippen molar-refractivity contribution < 1.29 is 4.39 Å². The SMILES string of the molecule is CC1NCCCC1c1cc2c(Nc3cc4ncsc4cc3F)ccnc2s1. The van der Waals surface area contributed by atoms with Crippen molar-refractivity contribution in [3.63, 3.8) is 0 Å². The summed E-state index contributed by atoms with van der Waals surface area (Å²) in [5, 5.41) is 7.88. The quantitative estimate of drug-likeness (QED) is 0.469. The van der Waals surface area contributed by atoms with E-state index < -0.39 is 0 Å². The first kappa shape index (κ1) is 17.0. The summed E-state index contributed by atoms with van der Waals surface area (Å²) in [6, 6.07) is 7.91. The molecule has 0 saturated carbocycles. The third kappa shape index (κ3) is 3.09. The summed E-state index contributed by atoms with van der Waals surface area (Å²) < 4.78 is 15.4. The van der Waals surface area contributed by atoms with E-state index in [9.17, 15) is 4.39 Å². The first-order valence-corrected chi connectivity index (χ1v) is 10.8. The number of piperidine rings is 1. The Kier molecular flexibility index (Phi) is 4.30. The minimum atomic E-state index is -0.266. The lowest BCUT2D eigenvalue weighted by molar-refractivity contribution is 0.375. The fourth-order valence-electron chi connectivity index (χ4n) is 3.80. The van der Waals surface area contributed by atoms with Crippen molar-refractivity contribution in [2.45, 2.75) is 31.7 Å². The minimum absolute atomic E-state index is 0.266. The minimum Gasteiger partial charge on any atom is -0.352 e. The molecule has 4 heterocycles. The maximum absolute atomic E-state index is 14.5. The second kappa shape index (κ2) is 6.82. The number of nitrogens with one attached hydrogen (secondary N) is 2. The zero-order valence-electron chi connectivity index (χ0n) is 14.8. The molecule has 1 aliphatic rings. The van der Waals surface area contributed by atoms with Crippen LogP contribution in [0.4, 0.5) is 15.8 Å². The van der Waals surface area contributed by atoms with Crippen LogP contribution in [-0.2, 0) is 0 Å². The highest BCUT2D eigenvalue weighted by molar-refractivity contribution is 7.18. The first-order valence-electron chi connectivity index (χ1n) is 9.10. The third-order valence-electron chi connectivity index (χ3n) is 5.27. The van der Waals surface area contributed by atoms with Crippen LogP contribution in [0.25, 0.3) is 20.4 Å². The van der Waals surface area contributed by atoms with Crippen molar-refractivity contribution >= 4 is 54.5 Å². The Morgan fingerprint density at radius 2 is 2.15 bits per heavy atom. The molecule has 1 fully saturated rings. The molecule has 4 nitrogen and oxygen atoms in total. The summed E-state index contributed by atoms with van der Waals surface area (Å²) in [4.78, 5) is 11.2. The summed E-state index contributed by atoms with van der Waals surface area (Å²) in [5.41, 5.74) is 3.87. The van der Waals surface area contributed by atoms with E-state index in [1.807, 2.05) is 6.07 Å². The standard InChI is InChI=1S/C20H19FN4S2/c1-11-12(3-2-5-22-11)18-7-13-15(4-6-23-20(13)27-18)25-16-9-17-19(8-14(16)21)26-10-24-17/h4,6-12,22H,2-3,5H2,1H3,(H,23,25). The number of anilines is 2. The van der Waals surface area contributed by atoms with Gasteiger partial charge in [0.15, 0.2) is 0 Å². The molecule has 2 N–H and O–H groups in total. The molecule has 138 valence electrons. The number of halogens is 1. The Labute approximate surface area is 164 Å². The van der Waals surface area contributed by atoms with E-state index in [4.69, 9.17) is 0 Å². The van der Waals surface area contributed by atoms with Crippen molar-refractivity contribution in [1.29, 1.82) is 0 Å². The van der Waals surface area contributed by atoms with Gasteiger partial charge in [0, 0.05) is 28.4 Å². The van der Waals surface area contributed by atoms with Gasteiger partial charge in [-0.1, -0.05) is 0 Å². The van der Waals surface area contributed by atoms with E-state index >= 15 is 0 Å². The van der Waals surface area contributed by atoms with Gasteiger partial charge in [0.2, 0.25) is 0 Å². The normalized spacial score (nSPS) is 20.4. The van der Waals surface area contributed by atoms with Crippen LogP contribution >= 0.6 is 22.7 Å². The smallest absolute Gasteiger partial charge is 0.148 e. The molecule has 2 atom stereocenters. The van der Waals surface area contributed by atoms with Crippen LogP contribution in [0.3, 0.4) is 0 Å². The number of fused-ring (bicyclic) bond motifs is 2. The lowest BCUT2D eigenvalue weighted by Gasteiger charge is -2.29. The highest BCUT2D eigenvalue weighted by Gasteiger charge is 2.25. The average molecular weight is 399 g/mol. The van der Waals surface area contributed by atoms with Crippen molar-refractivity contribution in [3.8, 4) is 0 Å². The van der Waals surface area contributed by atoms with Gasteiger partial charge in [0.1, 0.15) is 10.6 Å². The number of thiophene rings is 1. The Morgan fingerprint density at radius 1 is 1.22 bits per heavy atom. The molecule has 1 aromatic carbocycles. The molecule has 5 rings (SSSR count). The zero-order valence-corrected chi connectivity index (χ0v) is 16.5. The van der Waals surface area contributed by atoms with Crippen LogP contribution in [0, 0.1) is 5.82 Å². The topological polar surface area (TPSA) is 49.8 Å². The molecule has 7 heteroatoms. The zero-order chi connectivity index (χ0) is 18.4. The predicted octanol–water partition coefficient (Wildman–Crippen LogP) is 5.64. The molecule has 0 bridgehead atoms. The maximum Gasteiger partial charge on any atom is 0.148 e. The van der Waals surface area contributed by atoms with E-state index in [0.29, 0.717) is 17.6 Å². The predicted molar refractivity (Wildman–Crippen MR) is 112 cm³/mol. The van der Waals surface area contributed by atoms with Gasteiger partial charge in [-0.2, -0.15) is 0 Å². The van der Waals surface area contributed by atoms with Gasteiger partial charge in [-0.25, -0.2) is 14.4 Å². The van der Waals surface area contributed by atoms with E-state index in [-0.39, 0.29) is 5.82 Å². The van der Waals surface area contributed by atoms with E-state index in [1.165, 1.54) is 29.1 Å². The molecule has 0 spiro atoms. The van der Waals surface area contributed by atoms with Crippen LogP contribution in [-0.4, -0.2) is 22.6 Å². The van der Waals surface area contributed by atoms with Crippen molar-refractivity contribution in [3.05, 3.63) is 46.7 Å². The molecular weight excluding hydrogens is 379 g/mol. The molecule has 1 aliphatic heterocycles. The van der Waals surface area contributed by atoms with Crippen molar-refractivity contribution in [1.82, 2.24) is 15.3 Å². The van der Waals surface area contributed by atoms with Gasteiger partial charge >= 0.3 is 0 Å². The molecule has 0 aliphatic carbocycles. The van der Waals surface area contributed by atoms with Crippen LogP contribution in [0.5, 0.6) is 0 Å². The Bertz CT molecular complexity index is 1120. The molecule has 2 unspecified atom stereocenters. The fourth-order valence-corrected chi connectivity index (χ4v) is 5.75. The molecule has 3 aromatic heterocycles. The van der Waals surface area contributed by atoms with Crippen LogP contribution in [0.2, 0.25) is 0 Å². The Hall–Kier alpha value is -2.09. The molecule has 4 aromatic rings. The molecule has 27 heavy (non-hydrogen) atoms. The van der Waals surface area contributed by atoms with Crippen LogP contribution in [0.15, 0.2) is 36.0 Å². The molecule has 1 saturated heterocycles. The number of aromatic nitrogens is 2. The second-order valence-corrected chi connectivity index (χ2v) is 8.94. The number of hydrogen-bond acceptors (Lipinski definition) is 6. The fraction of sp³-hybridized carbons (Fsp3) is 0.300. The van der Waals surface area contributed by atoms with E-state index in [2.05, 4.69) is 33.6 Å². The van der Waals surface area contributed by atoms with E-state index in [0.717, 1.165) is 32.7 Å². The van der Waals surface area contributed by atoms with Crippen molar-refractivity contribution in [2.24, 2.45) is 0 Å². The highest BCUT2D eigenvalue weighted by atomic mass is 32.1. The highest BCUT2D eigenvalue weighted by Crippen LogP contribution is 2.39. The average Bonchev–Trinajstić information content (AvgIpc) is 3.29. The number of rotatable bonds is 3. The largest absolute Gasteiger partial charge is 0.352 e. The number of nitrogens with zero attached hydrogens (tertiary/aromatic N) is 2. The Balaban J connectivity index is 1.53. The summed E-state index contributed by atoms with van der Waals surface area (Å²) >= 11 is 3.19. The third-order valence-corrected chi connectivity index (χ3v) is 7.24. The van der Waals surface area contributed by atoms with Crippen molar-refractivity contribution in [2.75, 3.05) is 11.9 Å². The van der Waals surface area contributed by atoms with Gasteiger partial charge in [0.05, 0.1) is 27.1 Å².